The quantitative estimate of drug-likeness (QED) is 0.423. The molecule has 0 spiro atoms. The van der Waals surface area contributed by atoms with Gasteiger partial charge >= 0.3 is 0 Å². The average molecular weight is 508 g/mol. The number of carbonyl (C=O) groups excluding carboxylic acids is 1. The Morgan fingerprint density at radius 3 is 2.33 bits per heavy atom. The van der Waals surface area contributed by atoms with E-state index < -0.39 is 26.9 Å². The molecule has 1 saturated carbocycles. The minimum absolute atomic E-state index is 0.0615. The maximum absolute atomic E-state index is 13.7. The molecule has 190 valence electrons. The monoisotopic (exact) mass is 507 g/mol. The SMILES string of the molecule is Cc1ccc(Oc2ccccc2S(=O)(=O)NC(C)(CC2(c3ccccn3)CCCCC2)C(N)=O)cc1. The van der Waals surface area contributed by atoms with Crippen molar-refractivity contribution in [1.29, 1.82) is 0 Å². The largest absolute Gasteiger partial charge is 0.456 e. The van der Waals surface area contributed by atoms with Crippen LogP contribution >= 0.6 is 0 Å². The molecule has 0 aliphatic heterocycles. The summed E-state index contributed by atoms with van der Waals surface area (Å²) < 4.78 is 35.9. The van der Waals surface area contributed by atoms with E-state index in [1.165, 1.54) is 6.07 Å². The third kappa shape index (κ3) is 5.60. The van der Waals surface area contributed by atoms with E-state index in [0.29, 0.717) is 5.75 Å². The van der Waals surface area contributed by atoms with Gasteiger partial charge in [-0.05, 0) is 69.5 Å². The first-order valence-corrected chi connectivity index (χ1v) is 13.7. The molecule has 0 radical (unpaired) electrons. The summed E-state index contributed by atoms with van der Waals surface area (Å²) in [7, 11) is -4.18. The first-order valence-electron chi connectivity index (χ1n) is 12.2. The van der Waals surface area contributed by atoms with Gasteiger partial charge in [-0.25, -0.2) is 8.42 Å². The van der Waals surface area contributed by atoms with E-state index >= 15 is 0 Å². The fourth-order valence-corrected chi connectivity index (χ4v) is 6.63. The van der Waals surface area contributed by atoms with E-state index in [9.17, 15) is 13.2 Å². The molecule has 1 fully saturated rings. The van der Waals surface area contributed by atoms with Gasteiger partial charge in [0.25, 0.3) is 0 Å². The molecule has 3 N–H and O–H groups in total. The highest BCUT2D eigenvalue weighted by atomic mass is 32.2. The summed E-state index contributed by atoms with van der Waals surface area (Å²) in [4.78, 5) is 17.4. The van der Waals surface area contributed by atoms with Crippen molar-refractivity contribution in [3.63, 3.8) is 0 Å². The number of rotatable bonds is 9. The van der Waals surface area contributed by atoms with E-state index in [2.05, 4.69) is 9.71 Å². The van der Waals surface area contributed by atoms with Crippen LogP contribution in [-0.2, 0) is 20.2 Å². The number of ether oxygens (including phenoxy) is 1. The van der Waals surface area contributed by atoms with Crippen molar-refractivity contribution in [1.82, 2.24) is 9.71 Å². The van der Waals surface area contributed by atoms with Crippen molar-refractivity contribution in [2.75, 3.05) is 0 Å². The summed E-state index contributed by atoms with van der Waals surface area (Å²) in [5, 5.41) is 0. The van der Waals surface area contributed by atoms with Crippen LogP contribution in [0.25, 0.3) is 0 Å². The summed E-state index contributed by atoms with van der Waals surface area (Å²) >= 11 is 0. The second kappa shape index (κ2) is 10.4. The maximum Gasteiger partial charge on any atom is 0.245 e. The predicted octanol–water partition coefficient (Wildman–Crippen LogP) is 5.00. The molecule has 1 aliphatic carbocycles. The Balaban J connectivity index is 1.67. The molecule has 4 rings (SSSR count). The van der Waals surface area contributed by atoms with Crippen LogP contribution in [0.3, 0.4) is 0 Å². The summed E-state index contributed by atoms with van der Waals surface area (Å²) in [6, 6.07) is 19.4. The molecule has 1 amide bonds. The van der Waals surface area contributed by atoms with Crippen molar-refractivity contribution >= 4 is 15.9 Å². The highest BCUT2D eigenvalue weighted by Crippen LogP contribution is 2.44. The lowest BCUT2D eigenvalue weighted by Crippen LogP contribution is -2.58. The van der Waals surface area contributed by atoms with Crippen LogP contribution in [0, 0.1) is 6.92 Å². The van der Waals surface area contributed by atoms with E-state index in [1.54, 1.807) is 43.5 Å². The second-order valence-electron chi connectivity index (χ2n) is 9.90. The topological polar surface area (TPSA) is 111 Å². The van der Waals surface area contributed by atoms with E-state index in [0.717, 1.165) is 43.4 Å². The van der Waals surface area contributed by atoms with Gasteiger partial charge in [-0.1, -0.05) is 55.2 Å². The molecule has 0 bridgehead atoms. The third-order valence-electron chi connectivity index (χ3n) is 7.00. The van der Waals surface area contributed by atoms with Crippen LogP contribution in [0.15, 0.2) is 77.8 Å². The number of para-hydroxylation sites is 1. The number of carbonyl (C=O) groups is 1. The Bertz CT molecular complexity index is 1300. The number of sulfonamides is 1. The molecule has 1 unspecified atom stereocenters. The molecule has 1 aliphatic rings. The zero-order valence-electron chi connectivity index (χ0n) is 20.7. The van der Waals surface area contributed by atoms with Crippen molar-refractivity contribution < 1.29 is 17.9 Å². The number of pyridine rings is 1. The number of aryl methyl sites for hydroxylation is 1. The summed E-state index contributed by atoms with van der Waals surface area (Å²) in [5.41, 5.74) is 5.80. The number of hydrogen-bond donors (Lipinski definition) is 2. The van der Waals surface area contributed by atoms with Gasteiger partial charge < -0.3 is 10.5 Å². The zero-order valence-corrected chi connectivity index (χ0v) is 21.6. The van der Waals surface area contributed by atoms with Crippen LogP contribution < -0.4 is 15.2 Å². The minimum Gasteiger partial charge on any atom is -0.456 e. The molecule has 1 atom stereocenters. The Labute approximate surface area is 213 Å². The van der Waals surface area contributed by atoms with Gasteiger partial charge in [-0.3, -0.25) is 9.78 Å². The lowest BCUT2D eigenvalue weighted by Gasteiger charge is -2.42. The zero-order chi connectivity index (χ0) is 25.8. The lowest BCUT2D eigenvalue weighted by atomic mass is 9.65. The predicted molar refractivity (Wildman–Crippen MR) is 139 cm³/mol. The van der Waals surface area contributed by atoms with Gasteiger partial charge in [-0.15, -0.1) is 0 Å². The molecule has 3 aromatic rings. The van der Waals surface area contributed by atoms with Crippen molar-refractivity contribution in [3.05, 3.63) is 84.2 Å². The summed E-state index contributed by atoms with van der Waals surface area (Å²) in [5.74, 6) is -0.0566. The molecule has 1 aromatic heterocycles. The Morgan fingerprint density at radius 2 is 1.69 bits per heavy atom. The highest BCUT2D eigenvalue weighted by Gasteiger charge is 2.46. The van der Waals surface area contributed by atoms with Crippen molar-refractivity contribution in [3.8, 4) is 11.5 Å². The first-order chi connectivity index (χ1) is 17.1. The Kier molecular flexibility index (Phi) is 7.47. The normalized spacial score (nSPS) is 17.2. The number of nitrogens with one attached hydrogen (secondary N) is 1. The van der Waals surface area contributed by atoms with Crippen LogP contribution in [0.5, 0.6) is 11.5 Å². The van der Waals surface area contributed by atoms with Crippen LogP contribution in [0.1, 0.15) is 56.7 Å². The number of primary amides is 1. The number of amides is 1. The Hall–Kier alpha value is -3.23. The van der Waals surface area contributed by atoms with E-state index in [4.69, 9.17) is 10.5 Å². The van der Waals surface area contributed by atoms with Gasteiger partial charge in [0.2, 0.25) is 15.9 Å². The summed E-state index contributed by atoms with van der Waals surface area (Å²) in [6.45, 7) is 3.52. The molecular weight excluding hydrogens is 474 g/mol. The number of nitrogens with zero attached hydrogens (tertiary/aromatic N) is 1. The lowest BCUT2D eigenvalue weighted by molar-refractivity contribution is -0.124. The van der Waals surface area contributed by atoms with Gasteiger partial charge in [0.05, 0.1) is 0 Å². The average Bonchev–Trinajstić information content (AvgIpc) is 2.86. The molecule has 2 aromatic carbocycles. The smallest absolute Gasteiger partial charge is 0.245 e. The van der Waals surface area contributed by atoms with Crippen LogP contribution in [0.4, 0.5) is 0 Å². The van der Waals surface area contributed by atoms with E-state index in [-0.39, 0.29) is 17.1 Å². The number of nitrogens with two attached hydrogens (primary N) is 1. The van der Waals surface area contributed by atoms with Gasteiger partial charge in [0.1, 0.15) is 21.9 Å². The van der Waals surface area contributed by atoms with Gasteiger partial charge in [-0.2, -0.15) is 4.72 Å². The number of benzene rings is 2. The number of aromatic nitrogens is 1. The molecule has 1 heterocycles. The van der Waals surface area contributed by atoms with Gasteiger partial charge in [0, 0.05) is 17.3 Å². The standard InChI is InChI=1S/C28H33N3O4S/c1-21-13-15-22(16-14-21)35-23-10-4-5-11-24(23)36(33,34)31-27(2,26(29)32)20-28(17-7-3-8-18-28)25-12-6-9-19-30-25/h4-6,9-16,19,31H,3,7-8,17-18,20H2,1-2H3,(H2,29,32). The fraction of sp³-hybridized carbons (Fsp3) is 0.357. The second-order valence-corrected chi connectivity index (χ2v) is 11.5. The first kappa shape index (κ1) is 25.9. The fourth-order valence-electron chi connectivity index (χ4n) is 5.12. The van der Waals surface area contributed by atoms with Crippen molar-refractivity contribution in [2.45, 2.75) is 68.2 Å². The third-order valence-corrected chi connectivity index (χ3v) is 8.64. The number of hydrogen-bond acceptors (Lipinski definition) is 5. The van der Waals surface area contributed by atoms with E-state index in [1.807, 2.05) is 37.3 Å². The molecule has 7 nitrogen and oxygen atoms in total. The maximum atomic E-state index is 13.7. The van der Waals surface area contributed by atoms with Crippen molar-refractivity contribution in [2.24, 2.45) is 5.73 Å². The van der Waals surface area contributed by atoms with Gasteiger partial charge in [0.15, 0.2) is 0 Å². The van der Waals surface area contributed by atoms with Crippen LogP contribution in [0.2, 0.25) is 0 Å². The molecule has 36 heavy (non-hydrogen) atoms. The van der Waals surface area contributed by atoms with Crippen LogP contribution in [-0.4, -0.2) is 24.8 Å². The molecular formula is C28H33N3O4S. The molecule has 0 saturated heterocycles. The highest BCUT2D eigenvalue weighted by molar-refractivity contribution is 7.89. The summed E-state index contributed by atoms with van der Waals surface area (Å²) in [6.07, 6.45) is 6.61. The minimum atomic E-state index is -4.18. The molecule has 8 heteroatoms. The Morgan fingerprint density at radius 1 is 1.03 bits per heavy atom.